The summed E-state index contributed by atoms with van der Waals surface area (Å²) in [5.74, 6) is 0.223. The Bertz CT molecular complexity index is 961. The highest BCUT2D eigenvalue weighted by atomic mass is 16.3. The number of aromatic nitrogens is 2. The number of phenolic OH excluding ortho intramolecular Hbond substituents is 1. The van der Waals surface area contributed by atoms with E-state index < -0.39 is 0 Å². The van der Waals surface area contributed by atoms with Crippen molar-refractivity contribution in [3.8, 4) is 16.9 Å². The van der Waals surface area contributed by atoms with Crippen LogP contribution < -0.4 is 5.32 Å². The number of rotatable bonds is 3. The van der Waals surface area contributed by atoms with E-state index in [0.29, 0.717) is 0 Å². The molecular formula is C19H15N3O. The van der Waals surface area contributed by atoms with Crippen LogP contribution in [0.2, 0.25) is 0 Å². The number of hydrogen-bond donors (Lipinski definition) is 3. The summed E-state index contributed by atoms with van der Waals surface area (Å²) in [6.45, 7) is 0. The zero-order valence-electron chi connectivity index (χ0n) is 12.3. The second kappa shape index (κ2) is 5.50. The van der Waals surface area contributed by atoms with Gasteiger partial charge in [0, 0.05) is 29.7 Å². The molecule has 2 aromatic carbocycles. The van der Waals surface area contributed by atoms with Crippen molar-refractivity contribution < 1.29 is 5.11 Å². The maximum Gasteiger partial charge on any atom is 0.118 e. The van der Waals surface area contributed by atoms with Gasteiger partial charge in [-0.2, -0.15) is 0 Å². The van der Waals surface area contributed by atoms with Crippen molar-refractivity contribution in [2.24, 2.45) is 0 Å². The number of aromatic amines is 1. The lowest BCUT2D eigenvalue weighted by molar-refractivity contribution is 0.476. The molecule has 2 heterocycles. The first-order valence-electron chi connectivity index (χ1n) is 7.36. The first-order chi connectivity index (χ1) is 11.3. The summed E-state index contributed by atoms with van der Waals surface area (Å²) in [6.07, 6.45) is 5.39. The predicted octanol–water partition coefficient (Wildman–Crippen LogP) is 4.68. The third-order valence-electron chi connectivity index (χ3n) is 3.76. The monoisotopic (exact) mass is 301 g/mol. The molecule has 0 saturated carbocycles. The fraction of sp³-hybridized carbons (Fsp3) is 0. The predicted molar refractivity (Wildman–Crippen MR) is 92.9 cm³/mol. The summed E-state index contributed by atoms with van der Waals surface area (Å²) in [5, 5.41) is 14.5. The number of phenols is 1. The van der Waals surface area contributed by atoms with Crippen LogP contribution in [0.5, 0.6) is 5.75 Å². The Kier molecular flexibility index (Phi) is 3.20. The number of pyridine rings is 1. The summed E-state index contributed by atoms with van der Waals surface area (Å²) in [5.41, 5.74) is 4.77. The third-order valence-corrected chi connectivity index (χ3v) is 3.76. The normalized spacial score (nSPS) is 10.8. The van der Waals surface area contributed by atoms with Crippen LogP contribution in [0.1, 0.15) is 0 Å². The van der Waals surface area contributed by atoms with Crippen LogP contribution in [-0.2, 0) is 0 Å². The number of nitrogens with one attached hydrogen (secondary N) is 2. The molecule has 0 radical (unpaired) electrons. The zero-order chi connectivity index (χ0) is 15.6. The second-order valence-corrected chi connectivity index (χ2v) is 5.41. The minimum Gasteiger partial charge on any atom is -0.508 e. The molecule has 0 bridgehead atoms. The van der Waals surface area contributed by atoms with Gasteiger partial charge in [-0.1, -0.05) is 12.1 Å². The molecule has 0 spiro atoms. The molecule has 4 heteroatoms. The highest BCUT2D eigenvalue weighted by Crippen LogP contribution is 2.31. The van der Waals surface area contributed by atoms with Crippen LogP contribution in [-0.4, -0.2) is 15.1 Å². The molecule has 112 valence electrons. The van der Waals surface area contributed by atoms with E-state index in [9.17, 15) is 5.11 Å². The van der Waals surface area contributed by atoms with Crippen molar-refractivity contribution in [2.45, 2.75) is 0 Å². The van der Waals surface area contributed by atoms with Gasteiger partial charge in [0.2, 0.25) is 0 Å². The van der Waals surface area contributed by atoms with Gasteiger partial charge in [0.25, 0.3) is 0 Å². The minimum absolute atomic E-state index is 0.223. The third kappa shape index (κ3) is 2.74. The molecule has 0 saturated heterocycles. The van der Waals surface area contributed by atoms with Gasteiger partial charge in [-0.15, -0.1) is 0 Å². The van der Waals surface area contributed by atoms with Crippen LogP contribution in [0.4, 0.5) is 11.4 Å². The van der Waals surface area contributed by atoms with E-state index in [1.165, 1.54) is 5.39 Å². The maximum absolute atomic E-state index is 10.0. The summed E-state index contributed by atoms with van der Waals surface area (Å²) < 4.78 is 0. The lowest BCUT2D eigenvalue weighted by Crippen LogP contribution is -1.91. The first-order valence-corrected chi connectivity index (χ1v) is 7.36. The van der Waals surface area contributed by atoms with Gasteiger partial charge in [0.05, 0.1) is 11.9 Å². The van der Waals surface area contributed by atoms with Crippen LogP contribution in [0.25, 0.3) is 22.0 Å². The molecule has 0 aliphatic rings. The minimum atomic E-state index is 0.223. The van der Waals surface area contributed by atoms with Gasteiger partial charge in [0.1, 0.15) is 5.75 Å². The fourth-order valence-corrected chi connectivity index (χ4v) is 2.68. The molecule has 2 aromatic heterocycles. The largest absolute Gasteiger partial charge is 0.508 e. The van der Waals surface area contributed by atoms with E-state index in [1.54, 1.807) is 24.5 Å². The summed E-state index contributed by atoms with van der Waals surface area (Å²) in [7, 11) is 0. The van der Waals surface area contributed by atoms with Gasteiger partial charge in [0.15, 0.2) is 0 Å². The van der Waals surface area contributed by atoms with Crippen LogP contribution in [0, 0.1) is 0 Å². The Hall–Kier alpha value is -3.27. The molecule has 23 heavy (non-hydrogen) atoms. The topological polar surface area (TPSA) is 60.9 Å². The van der Waals surface area contributed by atoms with E-state index in [1.807, 2.05) is 30.5 Å². The molecule has 0 fully saturated rings. The molecule has 4 rings (SSSR count). The number of anilines is 2. The van der Waals surface area contributed by atoms with Crippen molar-refractivity contribution in [1.29, 1.82) is 0 Å². The quantitative estimate of drug-likeness (QED) is 0.515. The number of aromatic hydroxyl groups is 1. The molecule has 0 unspecified atom stereocenters. The highest BCUT2D eigenvalue weighted by Gasteiger charge is 2.05. The molecule has 0 amide bonds. The summed E-state index contributed by atoms with van der Waals surface area (Å²) in [4.78, 5) is 7.30. The average molecular weight is 301 g/mol. The number of hydrogen-bond acceptors (Lipinski definition) is 3. The number of H-pyrrole nitrogens is 1. The van der Waals surface area contributed by atoms with Crippen molar-refractivity contribution in [1.82, 2.24) is 9.97 Å². The fourth-order valence-electron chi connectivity index (χ4n) is 2.68. The van der Waals surface area contributed by atoms with Crippen molar-refractivity contribution in [3.63, 3.8) is 0 Å². The Morgan fingerprint density at radius 2 is 1.87 bits per heavy atom. The molecule has 3 N–H and O–H groups in total. The van der Waals surface area contributed by atoms with Gasteiger partial charge in [-0.05, 0) is 52.9 Å². The Morgan fingerprint density at radius 1 is 0.913 bits per heavy atom. The van der Waals surface area contributed by atoms with Crippen molar-refractivity contribution in [3.05, 3.63) is 73.2 Å². The van der Waals surface area contributed by atoms with E-state index >= 15 is 0 Å². The number of fused-ring (bicyclic) bond motifs is 1. The van der Waals surface area contributed by atoms with Gasteiger partial charge in [-0.3, -0.25) is 4.98 Å². The number of nitrogens with zero attached hydrogens (tertiary/aromatic N) is 1. The van der Waals surface area contributed by atoms with E-state index in [2.05, 4.69) is 33.5 Å². The molecule has 0 atom stereocenters. The molecule has 4 nitrogen and oxygen atoms in total. The molecule has 0 aliphatic carbocycles. The maximum atomic E-state index is 10.0. The van der Waals surface area contributed by atoms with Crippen LogP contribution in [0.3, 0.4) is 0 Å². The van der Waals surface area contributed by atoms with E-state index in [4.69, 9.17) is 0 Å². The zero-order valence-corrected chi connectivity index (χ0v) is 12.3. The van der Waals surface area contributed by atoms with Gasteiger partial charge in [-0.25, -0.2) is 0 Å². The lowest BCUT2D eigenvalue weighted by Gasteiger charge is -2.10. The smallest absolute Gasteiger partial charge is 0.118 e. The van der Waals surface area contributed by atoms with Gasteiger partial charge < -0.3 is 15.4 Å². The van der Waals surface area contributed by atoms with Crippen molar-refractivity contribution in [2.75, 3.05) is 5.32 Å². The summed E-state index contributed by atoms with van der Waals surface area (Å²) >= 11 is 0. The highest BCUT2D eigenvalue weighted by molar-refractivity contribution is 5.85. The summed E-state index contributed by atoms with van der Waals surface area (Å²) in [6, 6.07) is 17.5. The molecule has 4 aromatic rings. The average Bonchev–Trinajstić information content (AvgIpc) is 3.03. The Morgan fingerprint density at radius 3 is 2.74 bits per heavy atom. The van der Waals surface area contributed by atoms with Crippen LogP contribution in [0.15, 0.2) is 73.2 Å². The SMILES string of the molecule is Oc1cc(Nc2cccnc2)cc(-c2ccc3cc[nH]c3c2)c1. The van der Waals surface area contributed by atoms with E-state index in [0.717, 1.165) is 28.0 Å². The first kappa shape index (κ1) is 13.4. The number of benzene rings is 2. The Labute approximate surface area is 133 Å². The molecule has 0 aliphatic heterocycles. The second-order valence-electron chi connectivity index (χ2n) is 5.41. The Balaban J connectivity index is 1.73. The van der Waals surface area contributed by atoms with E-state index in [-0.39, 0.29) is 5.75 Å². The standard InChI is InChI=1S/C19H15N3O/c23-18-9-15(14-4-3-13-5-7-21-19(13)10-14)8-17(11-18)22-16-2-1-6-20-12-16/h1-12,21-23H. The van der Waals surface area contributed by atoms with Crippen LogP contribution >= 0.6 is 0 Å². The molecular weight excluding hydrogens is 286 g/mol. The van der Waals surface area contributed by atoms with Gasteiger partial charge >= 0.3 is 0 Å². The lowest BCUT2D eigenvalue weighted by atomic mass is 10.0. The van der Waals surface area contributed by atoms with Crippen molar-refractivity contribution >= 4 is 22.3 Å².